The van der Waals surface area contributed by atoms with E-state index in [1.807, 2.05) is 18.2 Å². The van der Waals surface area contributed by atoms with Crippen LogP contribution in [0.4, 0.5) is 0 Å². The average molecular weight is 341 g/mol. The Morgan fingerprint density at radius 1 is 1.00 bits per heavy atom. The van der Waals surface area contributed by atoms with Crippen LogP contribution in [0.1, 0.15) is 10.4 Å². The van der Waals surface area contributed by atoms with E-state index in [4.69, 9.17) is 4.21 Å². The monoisotopic (exact) mass is 339 g/mol. The molecule has 16 heavy (non-hydrogen) atoms. The summed E-state index contributed by atoms with van der Waals surface area (Å²) in [4.78, 5) is 10.0. The molecule has 0 aliphatic heterocycles. The van der Waals surface area contributed by atoms with Gasteiger partial charge in [0.15, 0.2) is 0 Å². The van der Waals surface area contributed by atoms with Crippen molar-refractivity contribution in [3.63, 3.8) is 0 Å². The molecule has 0 radical (unpaired) electrons. The predicted molar refractivity (Wildman–Crippen MR) is 54.5 cm³/mol. The van der Waals surface area contributed by atoms with Gasteiger partial charge >= 0.3 is 29.6 Å². The van der Waals surface area contributed by atoms with Crippen LogP contribution in [0.3, 0.4) is 0 Å². The molecule has 0 saturated carbocycles. The first-order valence-electron chi connectivity index (χ1n) is 3.64. The zero-order chi connectivity index (χ0) is 10.5. The summed E-state index contributed by atoms with van der Waals surface area (Å²) in [5, 5.41) is 4.50. The van der Waals surface area contributed by atoms with E-state index < -0.39 is 0 Å². The van der Waals surface area contributed by atoms with Gasteiger partial charge < -0.3 is 37.2 Å². The van der Waals surface area contributed by atoms with Crippen LogP contribution in [-0.2, 0) is 31.7 Å². The van der Waals surface area contributed by atoms with Crippen molar-refractivity contribution in [3.8, 4) is 0 Å². The smallest absolute Gasteiger partial charge is 1.00 e. The Kier molecular flexibility index (Phi) is 55.6. The van der Waals surface area contributed by atoms with Crippen molar-refractivity contribution < 1.29 is 65.4 Å². The minimum Gasteiger partial charge on any atom is -1.00 e. The van der Waals surface area contributed by atoms with Gasteiger partial charge in [-0.1, -0.05) is 30.3 Å². The molecule has 1 aromatic carbocycles. The summed E-state index contributed by atoms with van der Waals surface area (Å²) in [5.41, 5.74) is 0.729. The second kappa shape index (κ2) is 29.6. The van der Waals surface area contributed by atoms with Gasteiger partial charge in [0.25, 0.3) is 0 Å². The Bertz CT molecular complexity index is 215. The van der Waals surface area contributed by atoms with Crippen molar-refractivity contribution in [1.29, 1.82) is 0 Å². The molecule has 0 heterocycles. The average Bonchev–Trinajstić information content (AvgIpc) is 2.23. The van der Waals surface area contributed by atoms with Crippen LogP contribution in [0, 0.1) is 0 Å². The first-order valence-corrected chi connectivity index (χ1v) is 7.17. The van der Waals surface area contributed by atoms with Gasteiger partial charge in [-0.15, -0.1) is 0 Å². The van der Waals surface area contributed by atoms with Gasteiger partial charge in [0.2, 0.25) is 0 Å². The fourth-order valence-electron chi connectivity index (χ4n) is 0.532. The number of hydrogen-bond donors (Lipinski definition) is 0. The number of halogens is 3. The standard InChI is InChI=1S/C7H6O.2CH3.3ClH.H2OS.Ti/c8-6-7-4-2-1-3-5-7;;;;;;1-2;/h1-6H;2*1H3;3*1H;2H2;/q;;;;;;;+3/p-3. The van der Waals surface area contributed by atoms with Crippen molar-refractivity contribution in [1.82, 2.24) is 0 Å². The quantitative estimate of drug-likeness (QED) is 0.376. The normalized spacial score (nSPS) is 5.19. The van der Waals surface area contributed by atoms with Gasteiger partial charge in [-0.25, -0.2) is 0 Å². The predicted octanol–water partition coefficient (Wildman–Crippen LogP) is -7.20. The summed E-state index contributed by atoms with van der Waals surface area (Å²) in [7, 11) is 0. The van der Waals surface area contributed by atoms with Crippen LogP contribution in [0.2, 0.25) is 10.5 Å². The Morgan fingerprint density at radius 3 is 1.50 bits per heavy atom. The van der Waals surface area contributed by atoms with E-state index >= 15 is 0 Å². The molecular formula is C9H14Cl3O2STi. The van der Waals surface area contributed by atoms with Gasteiger partial charge in [0.1, 0.15) is 6.29 Å². The molecule has 93 valence electrons. The molecule has 0 aromatic heterocycles. The van der Waals surface area contributed by atoms with Gasteiger partial charge in [-0.2, -0.15) is 0 Å². The second-order valence-electron chi connectivity index (χ2n) is 2.03. The molecular weight excluding hydrogens is 326 g/mol. The first-order chi connectivity index (χ1) is 6.35. The fourth-order valence-corrected chi connectivity index (χ4v) is 0.532. The Morgan fingerprint density at radius 2 is 1.31 bits per heavy atom. The maximum atomic E-state index is 10.0. The summed E-state index contributed by atoms with van der Waals surface area (Å²) in [5.74, 6) is 0. The molecule has 0 atom stereocenters. The van der Waals surface area contributed by atoms with E-state index in [9.17, 15) is 4.79 Å². The number of aldehydes is 1. The van der Waals surface area contributed by atoms with E-state index in [1.54, 1.807) is 24.7 Å². The maximum absolute atomic E-state index is 10.0. The van der Waals surface area contributed by atoms with Crippen LogP contribution in [0.15, 0.2) is 30.3 Å². The minimum absolute atomic E-state index is 0. The Hall–Kier alpha value is 0.624. The summed E-state index contributed by atoms with van der Waals surface area (Å²) in [6.45, 7) is 0. The topological polar surface area (TPSA) is 34.1 Å². The third-order valence-corrected chi connectivity index (χ3v) is 0.936. The third kappa shape index (κ3) is 24.0. The van der Waals surface area contributed by atoms with Crippen LogP contribution < -0.4 is 37.2 Å². The molecule has 0 amide bonds. The molecule has 1 aromatic rings. The number of rotatable bonds is 1. The minimum atomic E-state index is 0. The SMILES string of the molecule is O=Cc1ccccc1.O=[SH2].[CH3][Ti+3][CH3].[Cl-].[Cl-].[Cl-]. The van der Waals surface area contributed by atoms with Crippen LogP contribution in [0.5, 0.6) is 0 Å². The zero-order valence-corrected chi connectivity index (χ0v) is 13.7. The maximum Gasteiger partial charge on any atom is -1.00 e. The van der Waals surface area contributed by atoms with Gasteiger partial charge in [-0.3, -0.25) is 9.00 Å². The zero-order valence-electron chi connectivity index (χ0n) is 8.91. The number of hydrogen-bond acceptors (Lipinski definition) is 2. The van der Waals surface area contributed by atoms with Crippen LogP contribution in [-0.4, -0.2) is 10.5 Å². The van der Waals surface area contributed by atoms with Crippen molar-refractivity contribution in [2.45, 2.75) is 10.5 Å². The number of benzene rings is 1. The largest absolute Gasteiger partial charge is 1.00 e. The summed E-state index contributed by atoms with van der Waals surface area (Å²) >= 11 is 2.22. The van der Waals surface area contributed by atoms with Crippen LogP contribution >= 0.6 is 0 Å². The number of carbonyl (C=O) groups is 1. The summed E-state index contributed by atoms with van der Waals surface area (Å²) in [6.07, 6.45) is 0.833. The first kappa shape index (κ1) is 30.0. The molecule has 2 nitrogen and oxygen atoms in total. The van der Waals surface area contributed by atoms with Gasteiger partial charge in [0.05, 0.1) is 0 Å². The van der Waals surface area contributed by atoms with E-state index in [0.717, 1.165) is 11.8 Å². The molecule has 0 spiro atoms. The molecule has 0 aliphatic rings. The van der Waals surface area contributed by atoms with E-state index in [0.29, 0.717) is 19.2 Å². The Balaban J connectivity index is -0.0000000449. The third-order valence-electron chi connectivity index (χ3n) is 0.936. The van der Waals surface area contributed by atoms with Crippen molar-refractivity contribution in [2.75, 3.05) is 0 Å². The van der Waals surface area contributed by atoms with E-state index in [-0.39, 0.29) is 37.2 Å². The molecule has 0 fully saturated rings. The fraction of sp³-hybridized carbons (Fsp3) is 0.222. The molecule has 1 rings (SSSR count). The van der Waals surface area contributed by atoms with Gasteiger partial charge in [0, 0.05) is 5.56 Å². The summed E-state index contributed by atoms with van der Waals surface area (Å²) < 4.78 is 8.06. The molecule has 7 heteroatoms. The van der Waals surface area contributed by atoms with Crippen molar-refractivity contribution in [3.05, 3.63) is 35.9 Å². The molecule has 0 unspecified atom stereocenters. The molecule has 0 saturated heterocycles. The number of carbonyl (C=O) groups excluding carboxylic acids is 1. The molecule has 0 bridgehead atoms. The van der Waals surface area contributed by atoms with E-state index in [2.05, 4.69) is 10.5 Å². The van der Waals surface area contributed by atoms with Crippen molar-refractivity contribution >= 4 is 18.8 Å². The van der Waals surface area contributed by atoms with Crippen LogP contribution in [0.25, 0.3) is 0 Å². The van der Waals surface area contributed by atoms with E-state index in [1.165, 1.54) is 0 Å². The molecule has 0 aliphatic carbocycles. The summed E-state index contributed by atoms with van der Waals surface area (Å²) in [6, 6.07) is 9.10. The second-order valence-corrected chi connectivity index (χ2v) is 3.59. The van der Waals surface area contributed by atoms with Gasteiger partial charge in [-0.05, 0) is 12.5 Å². The Labute approximate surface area is 130 Å². The molecule has 0 N–H and O–H groups in total. The van der Waals surface area contributed by atoms with Crippen molar-refractivity contribution in [2.24, 2.45) is 0 Å².